The van der Waals surface area contributed by atoms with E-state index in [0.29, 0.717) is 0 Å². The second-order valence-corrected chi connectivity index (χ2v) is 9.44. The highest BCUT2D eigenvalue weighted by molar-refractivity contribution is 5.66. The molecule has 1 aliphatic rings. The fourth-order valence-corrected chi connectivity index (χ4v) is 3.90. The van der Waals surface area contributed by atoms with Crippen LogP contribution in [0.1, 0.15) is 33.4 Å². The lowest BCUT2D eigenvalue weighted by atomic mass is 9.92. The molecule has 2 N–H and O–H groups in total. The lowest BCUT2D eigenvalue weighted by molar-refractivity contribution is 0.271. The molecule has 1 saturated heterocycles. The second-order valence-electron chi connectivity index (χ2n) is 9.44. The van der Waals surface area contributed by atoms with Gasteiger partial charge in [-0.15, -0.1) is 0 Å². The minimum Gasteiger partial charge on any atom is -0.369 e. The number of nitrogens with one attached hydrogen (secondary N) is 2. The van der Waals surface area contributed by atoms with Crippen LogP contribution in [0.25, 0.3) is 0 Å². The Bertz CT molecular complexity index is 1030. The van der Waals surface area contributed by atoms with Crippen molar-refractivity contribution < 1.29 is 0 Å². The molecule has 0 spiro atoms. The first kappa shape index (κ1) is 22.1. The summed E-state index contributed by atoms with van der Waals surface area (Å²) in [5, 5.41) is 11.5. The van der Waals surface area contributed by atoms with Crippen molar-refractivity contribution in [3.05, 3.63) is 54.4 Å². The quantitative estimate of drug-likeness (QED) is 0.585. The Labute approximate surface area is 191 Å². The largest absolute Gasteiger partial charge is 0.369 e. The van der Waals surface area contributed by atoms with Gasteiger partial charge in [-0.1, -0.05) is 27.7 Å². The van der Waals surface area contributed by atoms with Crippen LogP contribution in [0, 0.1) is 0 Å². The van der Waals surface area contributed by atoms with Gasteiger partial charge in [-0.2, -0.15) is 5.10 Å². The molecule has 0 unspecified atom stereocenters. The Balaban J connectivity index is 1.40. The van der Waals surface area contributed by atoms with E-state index in [2.05, 4.69) is 88.5 Å². The van der Waals surface area contributed by atoms with Crippen molar-refractivity contribution in [2.75, 3.05) is 48.3 Å². The smallest absolute Gasteiger partial charge is 0.132 e. The summed E-state index contributed by atoms with van der Waals surface area (Å²) >= 11 is 0. The SMILES string of the molecule is CCN1CCN(c2ccc(Nc3cc(Nc4cc(C(C)(C)C)nn4C)ccn3)cc2)CC1. The van der Waals surface area contributed by atoms with Gasteiger partial charge in [0.1, 0.15) is 11.6 Å². The zero-order chi connectivity index (χ0) is 22.7. The van der Waals surface area contributed by atoms with E-state index in [4.69, 9.17) is 0 Å². The Hall–Kier alpha value is -3.06. The van der Waals surface area contributed by atoms with Gasteiger partial charge in [0, 0.05) is 74.0 Å². The van der Waals surface area contributed by atoms with E-state index in [9.17, 15) is 0 Å². The molecule has 7 heteroatoms. The molecule has 0 radical (unpaired) electrons. The first-order valence-electron chi connectivity index (χ1n) is 11.4. The molecule has 7 nitrogen and oxygen atoms in total. The molecule has 0 amide bonds. The molecule has 2 aromatic heterocycles. The first-order chi connectivity index (χ1) is 15.3. The molecule has 0 atom stereocenters. The maximum absolute atomic E-state index is 4.64. The van der Waals surface area contributed by atoms with E-state index in [-0.39, 0.29) is 5.41 Å². The number of piperazine rings is 1. The predicted octanol–water partition coefficient (Wildman–Crippen LogP) is 4.74. The fraction of sp³-hybridized carbons (Fsp3) is 0.440. The Kier molecular flexibility index (Phi) is 6.37. The number of likely N-dealkylation sites (N-methyl/N-ethyl adjacent to an activating group) is 1. The number of benzene rings is 1. The van der Waals surface area contributed by atoms with E-state index in [1.54, 1.807) is 0 Å². The van der Waals surface area contributed by atoms with Crippen molar-refractivity contribution in [3.63, 3.8) is 0 Å². The summed E-state index contributed by atoms with van der Waals surface area (Å²) in [7, 11) is 1.96. The lowest BCUT2D eigenvalue weighted by Crippen LogP contribution is -2.46. The Morgan fingerprint density at radius 2 is 1.62 bits per heavy atom. The Morgan fingerprint density at radius 3 is 2.25 bits per heavy atom. The van der Waals surface area contributed by atoms with Gasteiger partial charge in [-0.05, 0) is 36.9 Å². The van der Waals surface area contributed by atoms with Crippen LogP contribution in [0.15, 0.2) is 48.7 Å². The van der Waals surface area contributed by atoms with Gasteiger partial charge in [0.05, 0.1) is 5.69 Å². The molecular formula is C25H35N7. The number of hydrogen-bond acceptors (Lipinski definition) is 6. The van der Waals surface area contributed by atoms with Crippen molar-refractivity contribution in [2.45, 2.75) is 33.1 Å². The van der Waals surface area contributed by atoms with Crippen molar-refractivity contribution in [2.24, 2.45) is 7.05 Å². The first-order valence-corrected chi connectivity index (χ1v) is 11.4. The summed E-state index contributed by atoms with van der Waals surface area (Å²) in [6, 6.07) is 14.7. The van der Waals surface area contributed by atoms with Crippen molar-refractivity contribution in [1.82, 2.24) is 19.7 Å². The number of pyridine rings is 1. The standard InChI is InChI=1S/C25H35N7/c1-6-31-13-15-32(16-14-31)21-9-7-19(8-10-21)27-23-17-20(11-12-26-23)28-24-18-22(25(2,3)4)29-30(24)5/h7-12,17-18H,6,13-16H2,1-5H3,(H2,26,27,28). The summed E-state index contributed by atoms with van der Waals surface area (Å²) in [5.74, 6) is 1.76. The molecule has 3 heterocycles. The summed E-state index contributed by atoms with van der Waals surface area (Å²) in [6.07, 6.45) is 1.81. The van der Waals surface area contributed by atoms with Gasteiger partial charge in [0.2, 0.25) is 0 Å². The average Bonchev–Trinajstić information content (AvgIpc) is 3.15. The maximum Gasteiger partial charge on any atom is 0.132 e. The normalized spacial score (nSPS) is 15.1. The number of anilines is 5. The molecule has 1 fully saturated rings. The van der Waals surface area contributed by atoms with Crippen LogP contribution in [-0.2, 0) is 12.5 Å². The monoisotopic (exact) mass is 433 g/mol. The lowest BCUT2D eigenvalue weighted by Gasteiger charge is -2.35. The fourth-order valence-electron chi connectivity index (χ4n) is 3.90. The van der Waals surface area contributed by atoms with Gasteiger partial charge in [0.25, 0.3) is 0 Å². The van der Waals surface area contributed by atoms with Crippen molar-refractivity contribution in [1.29, 1.82) is 0 Å². The third-order valence-corrected chi connectivity index (χ3v) is 6.00. The number of aromatic nitrogens is 3. The van der Waals surface area contributed by atoms with E-state index >= 15 is 0 Å². The topological polar surface area (TPSA) is 61.2 Å². The average molecular weight is 434 g/mol. The minimum absolute atomic E-state index is 0.0123. The van der Waals surface area contributed by atoms with Gasteiger partial charge in [-0.25, -0.2) is 4.98 Å². The highest BCUT2D eigenvalue weighted by atomic mass is 15.3. The minimum atomic E-state index is 0.0123. The van der Waals surface area contributed by atoms with E-state index in [1.165, 1.54) is 5.69 Å². The molecule has 1 aliphatic heterocycles. The van der Waals surface area contributed by atoms with Crippen LogP contribution in [0.5, 0.6) is 0 Å². The van der Waals surface area contributed by atoms with Crippen LogP contribution < -0.4 is 15.5 Å². The third kappa shape index (κ3) is 5.22. The number of rotatable bonds is 6. The van der Waals surface area contributed by atoms with E-state index in [0.717, 1.165) is 61.4 Å². The summed E-state index contributed by atoms with van der Waals surface area (Å²) in [5.41, 5.74) is 4.35. The highest BCUT2D eigenvalue weighted by Crippen LogP contribution is 2.27. The van der Waals surface area contributed by atoms with Gasteiger partial charge in [0.15, 0.2) is 0 Å². The van der Waals surface area contributed by atoms with Crippen LogP contribution >= 0.6 is 0 Å². The molecule has 32 heavy (non-hydrogen) atoms. The third-order valence-electron chi connectivity index (χ3n) is 6.00. The maximum atomic E-state index is 4.64. The number of nitrogens with zero attached hydrogens (tertiary/aromatic N) is 5. The predicted molar refractivity (Wildman–Crippen MR) is 133 cm³/mol. The van der Waals surface area contributed by atoms with Crippen LogP contribution in [0.4, 0.5) is 28.7 Å². The zero-order valence-corrected chi connectivity index (χ0v) is 19.9. The number of hydrogen-bond donors (Lipinski definition) is 2. The molecular weight excluding hydrogens is 398 g/mol. The van der Waals surface area contributed by atoms with E-state index < -0.39 is 0 Å². The molecule has 1 aromatic carbocycles. The van der Waals surface area contributed by atoms with E-state index in [1.807, 2.05) is 30.1 Å². The van der Waals surface area contributed by atoms with Gasteiger partial charge in [-0.3, -0.25) is 4.68 Å². The van der Waals surface area contributed by atoms with Gasteiger partial charge < -0.3 is 20.4 Å². The second kappa shape index (κ2) is 9.20. The summed E-state index contributed by atoms with van der Waals surface area (Å²) < 4.78 is 1.88. The van der Waals surface area contributed by atoms with Crippen molar-refractivity contribution in [3.8, 4) is 0 Å². The van der Waals surface area contributed by atoms with Crippen LogP contribution in [-0.4, -0.2) is 52.4 Å². The molecule has 4 rings (SSSR count). The molecule has 3 aromatic rings. The van der Waals surface area contributed by atoms with Gasteiger partial charge >= 0.3 is 0 Å². The molecule has 0 saturated carbocycles. The summed E-state index contributed by atoms with van der Waals surface area (Å²) in [6.45, 7) is 14.3. The van der Waals surface area contributed by atoms with Crippen LogP contribution in [0.2, 0.25) is 0 Å². The zero-order valence-electron chi connectivity index (χ0n) is 19.9. The number of aryl methyl sites for hydroxylation is 1. The van der Waals surface area contributed by atoms with Crippen LogP contribution in [0.3, 0.4) is 0 Å². The highest BCUT2D eigenvalue weighted by Gasteiger charge is 2.19. The molecule has 0 aliphatic carbocycles. The summed E-state index contributed by atoms with van der Waals surface area (Å²) in [4.78, 5) is 9.44. The molecule has 0 bridgehead atoms. The van der Waals surface area contributed by atoms with Crippen molar-refractivity contribution >= 4 is 28.7 Å². The molecule has 170 valence electrons. The Morgan fingerprint density at radius 1 is 0.906 bits per heavy atom.